The normalized spacial score (nSPS) is 16.8. The summed E-state index contributed by atoms with van der Waals surface area (Å²) in [7, 11) is 0. The highest BCUT2D eigenvalue weighted by Gasteiger charge is 2.20. The maximum Gasteiger partial charge on any atom is 0.234 e. The van der Waals surface area contributed by atoms with E-state index in [2.05, 4.69) is 33.9 Å². The SMILES string of the molecule is CCCCCCC(C)NC(=O)CN1CCN(c2ccccn2)CC1. The van der Waals surface area contributed by atoms with Crippen LogP contribution >= 0.6 is 0 Å². The number of hydrogen-bond acceptors (Lipinski definition) is 4. The predicted octanol–water partition coefficient (Wildman–Crippen LogP) is 2.68. The van der Waals surface area contributed by atoms with Gasteiger partial charge in [-0.2, -0.15) is 0 Å². The molecule has 1 amide bonds. The van der Waals surface area contributed by atoms with Gasteiger partial charge in [0.15, 0.2) is 0 Å². The van der Waals surface area contributed by atoms with Gasteiger partial charge in [0, 0.05) is 38.4 Å². The van der Waals surface area contributed by atoms with E-state index in [1.54, 1.807) is 0 Å². The second-order valence-electron chi connectivity index (χ2n) is 6.77. The fraction of sp³-hybridized carbons (Fsp3) is 0.684. The Kier molecular flexibility index (Phi) is 8.02. The molecule has 1 saturated heterocycles. The van der Waals surface area contributed by atoms with E-state index in [0.29, 0.717) is 6.54 Å². The number of rotatable bonds is 9. The number of unbranched alkanes of at least 4 members (excludes halogenated alkanes) is 3. The van der Waals surface area contributed by atoms with Crippen LogP contribution in [0.1, 0.15) is 46.0 Å². The summed E-state index contributed by atoms with van der Waals surface area (Å²) in [6.45, 7) is 8.52. The van der Waals surface area contributed by atoms with Gasteiger partial charge >= 0.3 is 0 Å². The molecule has 0 saturated carbocycles. The molecule has 1 N–H and O–H groups in total. The second kappa shape index (κ2) is 10.3. The van der Waals surface area contributed by atoms with Crippen molar-refractivity contribution in [3.8, 4) is 0 Å². The lowest BCUT2D eigenvalue weighted by Gasteiger charge is -2.35. The molecule has 5 nitrogen and oxygen atoms in total. The van der Waals surface area contributed by atoms with Crippen molar-refractivity contribution >= 4 is 11.7 Å². The molecule has 1 unspecified atom stereocenters. The molecule has 0 aliphatic carbocycles. The van der Waals surface area contributed by atoms with Crippen LogP contribution in [0.25, 0.3) is 0 Å². The molecule has 1 aliphatic heterocycles. The molecule has 0 radical (unpaired) electrons. The number of amides is 1. The van der Waals surface area contributed by atoms with E-state index in [-0.39, 0.29) is 11.9 Å². The van der Waals surface area contributed by atoms with E-state index in [1.807, 2.05) is 24.4 Å². The Hall–Kier alpha value is -1.62. The van der Waals surface area contributed by atoms with Gasteiger partial charge in [-0.25, -0.2) is 4.98 Å². The van der Waals surface area contributed by atoms with E-state index in [1.165, 1.54) is 25.7 Å². The van der Waals surface area contributed by atoms with Gasteiger partial charge in [0.2, 0.25) is 5.91 Å². The van der Waals surface area contributed by atoms with Gasteiger partial charge in [0.05, 0.1) is 6.54 Å². The number of hydrogen-bond donors (Lipinski definition) is 1. The first-order valence-electron chi connectivity index (χ1n) is 9.36. The summed E-state index contributed by atoms with van der Waals surface area (Å²) in [5.74, 6) is 1.19. The number of piperazine rings is 1. The van der Waals surface area contributed by atoms with Gasteiger partial charge in [-0.3, -0.25) is 9.69 Å². The minimum absolute atomic E-state index is 0.157. The number of anilines is 1. The van der Waals surface area contributed by atoms with Crippen molar-refractivity contribution in [2.24, 2.45) is 0 Å². The lowest BCUT2D eigenvalue weighted by Crippen LogP contribution is -2.50. The Morgan fingerprint density at radius 1 is 1.21 bits per heavy atom. The molecule has 2 rings (SSSR count). The highest BCUT2D eigenvalue weighted by Crippen LogP contribution is 2.12. The third-order valence-corrected chi connectivity index (χ3v) is 4.61. The Bertz CT molecular complexity index is 472. The van der Waals surface area contributed by atoms with Crippen LogP contribution in [0.4, 0.5) is 5.82 Å². The van der Waals surface area contributed by atoms with Gasteiger partial charge in [0.1, 0.15) is 5.82 Å². The topological polar surface area (TPSA) is 48.5 Å². The number of carbonyl (C=O) groups is 1. The monoisotopic (exact) mass is 332 g/mol. The molecular weight excluding hydrogens is 300 g/mol. The van der Waals surface area contributed by atoms with E-state index >= 15 is 0 Å². The van der Waals surface area contributed by atoms with Crippen LogP contribution in [-0.4, -0.2) is 54.6 Å². The van der Waals surface area contributed by atoms with Gasteiger partial charge < -0.3 is 10.2 Å². The summed E-state index contributed by atoms with van der Waals surface area (Å²) in [5.41, 5.74) is 0. The lowest BCUT2D eigenvalue weighted by atomic mass is 10.1. The van der Waals surface area contributed by atoms with Crippen LogP contribution in [0.5, 0.6) is 0 Å². The molecule has 5 heteroatoms. The summed E-state index contributed by atoms with van der Waals surface area (Å²) in [6.07, 6.45) is 7.94. The molecule has 1 aromatic heterocycles. The van der Waals surface area contributed by atoms with Crippen LogP contribution in [0.2, 0.25) is 0 Å². The van der Waals surface area contributed by atoms with Gasteiger partial charge in [-0.1, -0.05) is 38.7 Å². The van der Waals surface area contributed by atoms with Crippen LogP contribution in [0, 0.1) is 0 Å². The summed E-state index contributed by atoms with van der Waals surface area (Å²) >= 11 is 0. The van der Waals surface area contributed by atoms with Crippen molar-refractivity contribution in [1.82, 2.24) is 15.2 Å². The standard InChI is InChI=1S/C19H32N4O/c1-3-4-5-6-9-17(2)21-19(24)16-22-12-14-23(15-13-22)18-10-7-8-11-20-18/h7-8,10-11,17H,3-6,9,12-16H2,1-2H3,(H,21,24). The number of aromatic nitrogens is 1. The molecule has 1 fully saturated rings. The quantitative estimate of drug-likeness (QED) is 0.706. The summed E-state index contributed by atoms with van der Waals surface area (Å²) in [6, 6.07) is 6.28. The first-order valence-corrected chi connectivity index (χ1v) is 9.36. The fourth-order valence-corrected chi connectivity index (χ4v) is 3.15. The zero-order valence-corrected chi connectivity index (χ0v) is 15.2. The number of carbonyl (C=O) groups excluding carboxylic acids is 1. The Labute approximate surface area is 146 Å². The molecule has 1 aromatic rings. The third kappa shape index (κ3) is 6.48. The predicted molar refractivity (Wildman–Crippen MR) is 99.3 cm³/mol. The number of nitrogens with zero attached hydrogens (tertiary/aromatic N) is 3. The van der Waals surface area contributed by atoms with Gasteiger partial charge in [-0.15, -0.1) is 0 Å². The molecule has 0 spiro atoms. The average Bonchev–Trinajstić information content (AvgIpc) is 2.60. The molecule has 0 bridgehead atoms. The van der Waals surface area contributed by atoms with E-state index in [4.69, 9.17) is 0 Å². The van der Waals surface area contributed by atoms with Gasteiger partial charge in [-0.05, 0) is 25.5 Å². The lowest BCUT2D eigenvalue weighted by molar-refractivity contribution is -0.123. The summed E-state index contributed by atoms with van der Waals surface area (Å²) in [4.78, 5) is 21.1. The first-order chi connectivity index (χ1) is 11.7. The molecular formula is C19H32N4O. The number of pyridine rings is 1. The van der Waals surface area contributed by atoms with Crippen molar-refractivity contribution in [3.63, 3.8) is 0 Å². The van der Waals surface area contributed by atoms with Crippen LogP contribution in [-0.2, 0) is 4.79 Å². The van der Waals surface area contributed by atoms with Gasteiger partial charge in [0.25, 0.3) is 0 Å². The van der Waals surface area contributed by atoms with E-state index < -0.39 is 0 Å². The highest BCUT2D eigenvalue weighted by molar-refractivity contribution is 5.78. The zero-order chi connectivity index (χ0) is 17.2. The van der Waals surface area contributed by atoms with Crippen LogP contribution in [0.15, 0.2) is 24.4 Å². The molecule has 1 aliphatic rings. The van der Waals surface area contributed by atoms with Crippen molar-refractivity contribution in [2.75, 3.05) is 37.6 Å². The fourth-order valence-electron chi connectivity index (χ4n) is 3.15. The third-order valence-electron chi connectivity index (χ3n) is 4.61. The van der Waals surface area contributed by atoms with Crippen molar-refractivity contribution in [2.45, 2.75) is 52.0 Å². The minimum Gasteiger partial charge on any atom is -0.354 e. The highest BCUT2D eigenvalue weighted by atomic mass is 16.2. The molecule has 0 aromatic carbocycles. The van der Waals surface area contributed by atoms with Crippen molar-refractivity contribution in [3.05, 3.63) is 24.4 Å². The smallest absolute Gasteiger partial charge is 0.234 e. The van der Waals surface area contributed by atoms with E-state index in [9.17, 15) is 4.79 Å². The first kappa shape index (κ1) is 18.7. The minimum atomic E-state index is 0.157. The maximum atomic E-state index is 12.2. The largest absolute Gasteiger partial charge is 0.354 e. The number of nitrogens with one attached hydrogen (secondary N) is 1. The molecule has 134 valence electrons. The van der Waals surface area contributed by atoms with Crippen molar-refractivity contribution in [1.29, 1.82) is 0 Å². The zero-order valence-electron chi connectivity index (χ0n) is 15.2. The second-order valence-corrected chi connectivity index (χ2v) is 6.77. The Morgan fingerprint density at radius 2 is 2.00 bits per heavy atom. The Balaban J connectivity index is 1.63. The molecule has 1 atom stereocenters. The van der Waals surface area contributed by atoms with Crippen LogP contribution in [0.3, 0.4) is 0 Å². The van der Waals surface area contributed by atoms with Crippen LogP contribution < -0.4 is 10.2 Å². The van der Waals surface area contributed by atoms with E-state index in [0.717, 1.165) is 38.4 Å². The Morgan fingerprint density at radius 3 is 2.67 bits per heavy atom. The molecule has 2 heterocycles. The average molecular weight is 332 g/mol. The summed E-state index contributed by atoms with van der Waals surface area (Å²) in [5, 5.41) is 3.14. The maximum absolute atomic E-state index is 12.2. The van der Waals surface area contributed by atoms with Crippen molar-refractivity contribution < 1.29 is 4.79 Å². The molecule has 24 heavy (non-hydrogen) atoms. The summed E-state index contributed by atoms with van der Waals surface area (Å²) < 4.78 is 0.